The molecule has 5 nitrogen and oxygen atoms in total. The van der Waals surface area contributed by atoms with Gasteiger partial charge in [0.1, 0.15) is 6.61 Å². The number of hydrogen-bond acceptors (Lipinski definition) is 4. The summed E-state index contributed by atoms with van der Waals surface area (Å²) in [6.45, 7) is 1.28. The van der Waals surface area contributed by atoms with Crippen molar-refractivity contribution in [2.24, 2.45) is 0 Å². The predicted octanol–water partition coefficient (Wildman–Crippen LogP) is 3.74. The van der Waals surface area contributed by atoms with Gasteiger partial charge in [-0.05, 0) is 30.0 Å². The third-order valence-corrected chi connectivity index (χ3v) is 4.31. The van der Waals surface area contributed by atoms with E-state index in [0.29, 0.717) is 26.1 Å². The van der Waals surface area contributed by atoms with Crippen LogP contribution in [0.25, 0.3) is 0 Å². The van der Waals surface area contributed by atoms with Crippen molar-refractivity contribution in [3.05, 3.63) is 83.9 Å². The summed E-state index contributed by atoms with van der Waals surface area (Å²) in [4.78, 5) is 25.5. The maximum atomic E-state index is 12.4. The number of carbonyl (C=O) groups excluding carboxylic acids is 2. The van der Waals surface area contributed by atoms with Crippen LogP contribution in [-0.4, -0.2) is 36.2 Å². The van der Waals surface area contributed by atoms with Crippen molar-refractivity contribution in [1.82, 2.24) is 4.90 Å². The van der Waals surface area contributed by atoms with Gasteiger partial charge in [0.2, 0.25) is 0 Å². The van der Waals surface area contributed by atoms with Crippen LogP contribution in [0.4, 0.5) is 4.79 Å². The van der Waals surface area contributed by atoms with Crippen LogP contribution in [0, 0.1) is 0 Å². The van der Waals surface area contributed by atoms with Crippen LogP contribution >= 0.6 is 0 Å². The Morgan fingerprint density at radius 3 is 2.44 bits per heavy atom. The molecule has 5 heteroatoms. The number of ether oxygens (including phenoxy) is 2. The van der Waals surface area contributed by atoms with E-state index >= 15 is 0 Å². The largest absolute Gasteiger partial charge is 0.447 e. The van der Waals surface area contributed by atoms with Gasteiger partial charge < -0.3 is 9.47 Å². The van der Waals surface area contributed by atoms with Gasteiger partial charge in [-0.2, -0.15) is 0 Å². The second-order valence-electron chi connectivity index (χ2n) is 6.36. The molecule has 0 radical (unpaired) electrons. The van der Waals surface area contributed by atoms with Crippen LogP contribution in [0.3, 0.4) is 0 Å². The average molecular weight is 365 g/mol. The van der Waals surface area contributed by atoms with Gasteiger partial charge in [0.25, 0.3) is 5.91 Å². The lowest BCUT2D eigenvalue weighted by Gasteiger charge is -2.18. The number of imide groups is 1. The lowest BCUT2D eigenvalue weighted by molar-refractivity contribution is -0.124. The van der Waals surface area contributed by atoms with E-state index in [-0.39, 0.29) is 18.6 Å². The van der Waals surface area contributed by atoms with Crippen LogP contribution in [-0.2, 0) is 27.3 Å². The van der Waals surface area contributed by atoms with Gasteiger partial charge in [-0.15, -0.1) is 0 Å². The number of rotatable bonds is 8. The van der Waals surface area contributed by atoms with Crippen molar-refractivity contribution in [2.75, 3.05) is 13.2 Å². The van der Waals surface area contributed by atoms with Crippen molar-refractivity contribution >= 4 is 12.0 Å². The molecule has 0 bridgehead atoms. The Hall–Kier alpha value is -2.92. The molecule has 3 rings (SSSR count). The third kappa shape index (κ3) is 5.53. The summed E-state index contributed by atoms with van der Waals surface area (Å²) in [5, 5.41) is 0. The van der Waals surface area contributed by atoms with E-state index in [1.807, 2.05) is 60.7 Å². The first-order valence-electron chi connectivity index (χ1n) is 9.06. The Labute approximate surface area is 159 Å². The van der Waals surface area contributed by atoms with Gasteiger partial charge in [0, 0.05) is 0 Å². The second-order valence-corrected chi connectivity index (χ2v) is 6.36. The van der Waals surface area contributed by atoms with E-state index in [1.165, 1.54) is 11.0 Å². The van der Waals surface area contributed by atoms with Crippen LogP contribution in [0.15, 0.2) is 72.8 Å². The van der Waals surface area contributed by atoms with Crippen LogP contribution < -0.4 is 0 Å². The molecule has 1 aliphatic heterocycles. The lowest BCUT2D eigenvalue weighted by atomic mass is 10.1. The monoisotopic (exact) mass is 365 g/mol. The molecular formula is C22H23NO4. The second kappa shape index (κ2) is 9.69. The Morgan fingerprint density at radius 2 is 1.74 bits per heavy atom. The number of benzene rings is 2. The number of carbonyl (C=O) groups is 2. The van der Waals surface area contributed by atoms with Gasteiger partial charge in [-0.1, -0.05) is 66.7 Å². The van der Waals surface area contributed by atoms with Crippen LogP contribution in [0.5, 0.6) is 0 Å². The van der Waals surface area contributed by atoms with Crippen molar-refractivity contribution in [1.29, 1.82) is 0 Å². The van der Waals surface area contributed by atoms with Crippen LogP contribution in [0.1, 0.15) is 17.5 Å². The highest BCUT2D eigenvalue weighted by Crippen LogP contribution is 2.18. The van der Waals surface area contributed by atoms with Crippen molar-refractivity contribution < 1.29 is 19.1 Å². The van der Waals surface area contributed by atoms with Gasteiger partial charge in [-0.3, -0.25) is 4.79 Å². The highest BCUT2D eigenvalue weighted by Gasteiger charge is 2.36. The van der Waals surface area contributed by atoms with E-state index in [0.717, 1.165) is 11.1 Å². The molecule has 1 fully saturated rings. The van der Waals surface area contributed by atoms with E-state index < -0.39 is 6.09 Å². The molecule has 0 aromatic heterocycles. The first-order valence-corrected chi connectivity index (χ1v) is 9.06. The van der Waals surface area contributed by atoms with E-state index in [1.54, 1.807) is 6.08 Å². The molecule has 1 atom stereocenters. The summed E-state index contributed by atoms with van der Waals surface area (Å²) in [6.07, 6.45) is 3.78. The summed E-state index contributed by atoms with van der Waals surface area (Å²) < 4.78 is 10.7. The fraction of sp³-hybridized carbons (Fsp3) is 0.273. The molecule has 2 amide bonds. The van der Waals surface area contributed by atoms with Gasteiger partial charge >= 0.3 is 6.09 Å². The standard InChI is InChI=1S/C22H23NO4/c24-21(13-7-8-14-26-16-19-11-5-2-6-12-19)23-20(17-27-22(23)25)15-18-9-3-1-4-10-18/h1-7,9-13,20H,8,14-17H2/b13-7+/t20-/m0/s1. The van der Waals surface area contributed by atoms with E-state index in [4.69, 9.17) is 9.47 Å². The Balaban J connectivity index is 1.45. The number of hydrogen-bond donors (Lipinski definition) is 0. The maximum absolute atomic E-state index is 12.4. The molecule has 27 heavy (non-hydrogen) atoms. The molecule has 0 saturated carbocycles. The molecule has 2 aromatic carbocycles. The number of amides is 2. The summed E-state index contributed by atoms with van der Waals surface area (Å²) in [5.41, 5.74) is 2.18. The molecule has 0 spiro atoms. The molecule has 140 valence electrons. The Bertz CT molecular complexity index is 773. The molecular weight excluding hydrogens is 342 g/mol. The number of nitrogens with zero attached hydrogens (tertiary/aromatic N) is 1. The maximum Gasteiger partial charge on any atom is 0.417 e. The zero-order chi connectivity index (χ0) is 18.9. The Kier molecular flexibility index (Phi) is 6.77. The minimum Gasteiger partial charge on any atom is -0.447 e. The normalized spacial score (nSPS) is 16.7. The third-order valence-electron chi connectivity index (χ3n) is 4.31. The fourth-order valence-corrected chi connectivity index (χ4v) is 2.95. The van der Waals surface area contributed by atoms with Gasteiger partial charge in [0.05, 0.1) is 19.3 Å². The van der Waals surface area contributed by atoms with Crippen LogP contribution in [0.2, 0.25) is 0 Å². The summed E-state index contributed by atoms with van der Waals surface area (Å²) in [5.74, 6) is -0.346. The molecule has 0 N–H and O–H groups in total. The Morgan fingerprint density at radius 1 is 1.07 bits per heavy atom. The van der Waals surface area contributed by atoms with Gasteiger partial charge in [-0.25, -0.2) is 9.69 Å². The fourth-order valence-electron chi connectivity index (χ4n) is 2.95. The van der Waals surface area contributed by atoms with Crippen molar-refractivity contribution in [3.8, 4) is 0 Å². The number of cyclic esters (lactones) is 1. The van der Waals surface area contributed by atoms with Crippen molar-refractivity contribution in [3.63, 3.8) is 0 Å². The molecule has 1 saturated heterocycles. The predicted molar refractivity (Wildman–Crippen MR) is 102 cm³/mol. The van der Waals surface area contributed by atoms with Crippen molar-refractivity contribution in [2.45, 2.75) is 25.5 Å². The molecule has 0 unspecified atom stereocenters. The quantitative estimate of drug-likeness (QED) is 0.528. The zero-order valence-corrected chi connectivity index (χ0v) is 15.1. The highest BCUT2D eigenvalue weighted by molar-refractivity contribution is 5.99. The minimum absolute atomic E-state index is 0.230. The zero-order valence-electron chi connectivity index (χ0n) is 15.1. The first-order chi connectivity index (χ1) is 13.2. The first kappa shape index (κ1) is 18.9. The average Bonchev–Trinajstić information content (AvgIpc) is 3.06. The topological polar surface area (TPSA) is 55.8 Å². The summed E-state index contributed by atoms with van der Waals surface area (Å²) >= 11 is 0. The molecule has 0 aliphatic carbocycles. The smallest absolute Gasteiger partial charge is 0.417 e. The van der Waals surface area contributed by atoms with Gasteiger partial charge in [0.15, 0.2) is 0 Å². The summed E-state index contributed by atoms with van der Waals surface area (Å²) in [6, 6.07) is 19.4. The molecule has 1 heterocycles. The summed E-state index contributed by atoms with van der Waals surface area (Å²) in [7, 11) is 0. The van der Waals surface area contributed by atoms with E-state index in [9.17, 15) is 9.59 Å². The SMILES string of the molecule is O=C(/C=C/CCOCc1ccccc1)N1C(=O)OC[C@@H]1Cc1ccccc1. The molecule has 1 aliphatic rings. The van der Waals surface area contributed by atoms with E-state index in [2.05, 4.69) is 0 Å². The highest BCUT2D eigenvalue weighted by atomic mass is 16.6. The lowest BCUT2D eigenvalue weighted by Crippen LogP contribution is -2.39. The molecule has 2 aromatic rings. The minimum atomic E-state index is -0.578.